The van der Waals surface area contributed by atoms with E-state index in [2.05, 4.69) is 96.0 Å². The van der Waals surface area contributed by atoms with Gasteiger partial charge in [-0.25, -0.2) is 14.5 Å². The average Bonchev–Trinajstić information content (AvgIpc) is 3.26. The summed E-state index contributed by atoms with van der Waals surface area (Å²) in [6.45, 7) is 6.73. The minimum atomic E-state index is -0.228. The highest BCUT2D eigenvalue weighted by Crippen LogP contribution is 2.36. The number of imidazole rings is 1. The van der Waals surface area contributed by atoms with E-state index in [1.54, 1.807) is 11.3 Å². The zero-order valence-corrected chi connectivity index (χ0v) is 16.2. The molecule has 130 valence electrons. The van der Waals surface area contributed by atoms with Crippen LogP contribution in [0, 0.1) is 0 Å². The highest BCUT2D eigenvalue weighted by atomic mass is 32.1. The van der Waals surface area contributed by atoms with Crippen LogP contribution in [0.25, 0.3) is 11.0 Å². The molecule has 1 aliphatic rings. The molecule has 1 atom stereocenters. The molecule has 0 saturated heterocycles. The Labute approximate surface area is 152 Å². The van der Waals surface area contributed by atoms with Crippen LogP contribution in [-0.2, 0) is 19.6 Å². The lowest BCUT2D eigenvalue weighted by molar-refractivity contribution is -0.654. The summed E-state index contributed by atoms with van der Waals surface area (Å²) in [5.74, 6) is 1.07. The van der Waals surface area contributed by atoms with Crippen molar-refractivity contribution < 1.29 is 4.57 Å². The zero-order valence-electron chi connectivity index (χ0n) is 15.3. The van der Waals surface area contributed by atoms with Crippen LogP contribution in [0.2, 0.25) is 0 Å². The highest BCUT2D eigenvalue weighted by molar-refractivity contribution is 7.13. The summed E-state index contributed by atoms with van der Waals surface area (Å²) < 4.78 is 4.38. The Morgan fingerprint density at radius 2 is 1.96 bits per heavy atom. The number of aryl methyl sites for hydroxylation is 2. The second-order valence-electron chi connectivity index (χ2n) is 7.08. The van der Waals surface area contributed by atoms with Crippen LogP contribution in [0.15, 0.2) is 48.2 Å². The lowest BCUT2D eigenvalue weighted by atomic mass is 10.0. The predicted molar refractivity (Wildman–Crippen MR) is 102 cm³/mol. The number of anilines is 1. The molecule has 0 spiro atoms. The van der Waals surface area contributed by atoms with Gasteiger partial charge in [-0.1, -0.05) is 23.5 Å². The second kappa shape index (κ2) is 5.59. The van der Waals surface area contributed by atoms with Crippen molar-refractivity contribution in [3.8, 4) is 0 Å². The molecular weight excluding hydrogens is 330 g/mol. The first-order valence-electron chi connectivity index (χ1n) is 8.51. The molecule has 0 bridgehead atoms. The van der Waals surface area contributed by atoms with E-state index in [1.165, 1.54) is 10.6 Å². The standard InChI is InChI=1S/C19H24N5S/c1-14-23(18-21(4)12-13-25-18)10-11-24(14)19(2,3)17-20-15-8-6-7-9-16(15)22(17)5/h6-14H,1-5H3/q+1/t14-/m1/s1. The first kappa shape index (κ1) is 16.1. The van der Waals surface area contributed by atoms with Gasteiger partial charge in [0.2, 0.25) is 0 Å². The minimum absolute atomic E-state index is 0.222. The van der Waals surface area contributed by atoms with Gasteiger partial charge in [0, 0.05) is 18.6 Å². The molecule has 4 rings (SSSR count). The first-order chi connectivity index (χ1) is 11.9. The van der Waals surface area contributed by atoms with Gasteiger partial charge in [-0.05, 0) is 32.9 Å². The summed E-state index contributed by atoms with van der Waals surface area (Å²) in [6, 6.07) is 8.32. The van der Waals surface area contributed by atoms with Gasteiger partial charge in [-0.15, -0.1) is 0 Å². The second-order valence-corrected chi connectivity index (χ2v) is 7.96. The van der Waals surface area contributed by atoms with Gasteiger partial charge in [-0.3, -0.25) is 0 Å². The molecule has 0 radical (unpaired) electrons. The number of rotatable bonds is 3. The normalized spacial score (nSPS) is 17.9. The van der Waals surface area contributed by atoms with E-state index in [9.17, 15) is 0 Å². The lowest BCUT2D eigenvalue weighted by Gasteiger charge is -2.37. The van der Waals surface area contributed by atoms with Crippen LogP contribution < -0.4 is 9.47 Å². The fourth-order valence-corrected chi connectivity index (χ4v) is 4.71. The molecule has 1 aliphatic heterocycles. The summed E-state index contributed by atoms with van der Waals surface area (Å²) in [5, 5.41) is 3.35. The van der Waals surface area contributed by atoms with E-state index in [1.807, 2.05) is 6.07 Å². The molecule has 3 heterocycles. The maximum atomic E-state index is 4.93. The van der Waals surface area contributed by atoms with Gasteiger partial charge < -0.3 is 9.47 Å². The number of nitrogens with zero attached hydrogens (tertiary/aromatic N) is 5. The third kappa shape index (κ3) is 2.35. The van der Waals surface area contributed by atoms with E-state index in [0.717, 1.165) is 11.3 Å². The summed E-state index contributed by atoms with van der Waals surface area (Å²) in [5.41, 5.74) is 1.99. The van der Waals surface area contributed by atoms with Gasteiger partial charge in [0.15, 0.2) is 6.17 Å². The maximum absolute atomic E-state index is 4.93. The SMILES string of the molecule is C[C@@H]1N(c2scc[n+]2C)C=CN1C(C)(C)c1nc2ccccc2n1C. The summed E-state index contributed by atoms with van der Waals surface area (Å²) in [4.78, 5) is 9.63. The molecular formula is C19H24N5S+. The van der Waals surface area contributed by atoms with Crippen LogP contribution >= 0.6 is 11.3 Å². The number of para-hydroxylation sites is 2. The van der Waals surface area contributed by atoms with Gasteiger partial charge in [0.05, 0.1) is 23.6 Å². The number of aromatic nitrogens is 3. The summed E-state index contributed by atoms with van der Waals surface area (Å²) >= 11 is 1.76. The third-order valence-corrected chi connectivity index (χ3v) is 6.12. The first-order valence-corrected chi connectivity index (χ1v) is 9.39. The van der Waals surface area contributed by atoms with Crippen LogP contribution in [-0.4, -0.2) is 20.6 Å². The Kier molecular flexibility index (Phi) is 3.61. The van der Waals surface area contributed by atoms with Crippen LogP contribution in [0.5, 0.6) is 0 Å². The number of thiazole rings is 1. The Balaban J connectivity index is 1.72. The highest BCUT2D eigenvalue weighted by Gasteiger charge is 2.42. The van der Waals surface area contributed by atoms with Crippen molar-refractivity contribution in [3.05, 3.63) is 54.1 Å². The summed E-state index contributed by atoms with van der Waals surface area (Å²) in [7, 11) is 4.19. The Hall–Kier alpha value is -2.34. The van der Waals surface area contributed by atoms with E-state index in [-0.39, 0.29) is 11.7 Å². The van der Waals surface area contributed by atoms with Crippen LogP contribution in [0.1, 0.15) is 26.6 Å². The molecule has 2 aromatic heterocycles. The van der Waals surface area contributed by atoms with E-state index < -0.39 is 0 Å². The smallest absolute Gasteiger partial charge is 0.329 e. The molecule has 1 aromatic carbocycles. The van der Waals surface area contributed by atoms with E-state index >= 15 is 0 Å². The van der Waals surface area contributed by atoms with Crippen molar-refractivity contribution in [2.75, 3.05) is 4.90 Å². The largest absolute Gasteiger partial charge is 0.342 e. The van der Waals surface area contributed by atoms with Crippen LogP contribution in [0.3, 0.4) is 0 Å². The number of benzene rings is 1. The molecule has 0 N–H and O–H groups in total. The molecule has 0 saturated carbocycles. The van der Waals surface area contributed by atoms with Crippen molar-refractivity contribution in [2.45, 2.75) is 32.5 Å². The zero-order chi connectivity index (χ0) is 17.8. The van der Waals surface area contributed by atoms with Crippen molar-refractivity contribution in [3.63, 3.8) is 0 Å². The van der Waals surface area contributed by atoms with Crippen molar-refractivity contribution in [1.82, 2.24) is 14.5 Å². The molecule has 0 amide bonds. The molecule has 0 unspecified atom stereocenters. The molecule has 6 heteroatoms. The van der Waals surface area contributed by atoms with Crippen molar-refractivity contribution in [2.24, 2.45) is 14.1 Å². The maximum Gasteiger partial charge on any atom is 0.342 e. The number of fused-ring (bicyclic) bond motifs is 1. The fraction of sp³-hybridized carbons (Fsp3) is 0.368. The average molecular weight is 355 g/mol. The molecule has 3 aromatic rings. The van der Waals surface area contributed by atoms with Gasteiger partial charge in [-0.2, -0.15) is 0 Å². The molecule has 0 fully saturated rings. The van der Waals surface area contributed by atoms with Crippen LogP contribution in [0.4, 0.5) is 5.13 Å². The minimum Gasteiger partial charge on any atom is -0.329 e. The van der Waals surface area contributed by atoms with Crippen molar-refractivity contribution >= 4 is 27.5 Å². The number of hydrogen-bond donors (Lipinski definition) is 0. The Morgan fingerprint density at radius 1 is 1.20 bits per heavy atom. The quantitative estimate of drug-likeness (QED) is 0.676. The van der Waals surface area contributed by atoms with Gasteiger partial charge in [0.1, 0.15) is 18.2 Å². The van der Waals surface area contributed by atoms with Crippen molar-refractivity contribution in [1.29, 1.82) is 0 Å². The topological polar surface area (TPSA) is 28.2 Å². The molecule has 0 aliphatic carbocycles. The van der Waals surface area contributed by atoms with E-state index in [0.29, 0.717) is 0 Å². The summed E-state index contributed by atoms with van der Waals surface area (Å²) in [6.07, 6.45) is 6.67. The molecule has 25 heavy (non-hydrogen) atoms. The lowest BCUT2D eigenvalue weighted by Crippen LogP contribution is -2.49. The van der Waals surface area contributed by atoms with E-state index in [4.69, 9.17) is 4.98 Å². The monoisotopic (exact) mass is 354 g/mol. The Bertz CT molecular complexity index is 952. The third-order valence-electron chi connectivity index (χ3n) is 5.15. The fourth-order valence-electron chi connectivity index (χ4n) is 3.78. The molecule has 5 nitrogen and oxygen atoms in total. The van der Waals surface area contributed by atoms with Gasteiger partial charge in [0.25, 0.3) is 0 Å². The predicted octanol–water partition coefficient (Wildman–Crippen LogP) is 3.33. The van der Waals surface area contributed by atoms with Gasteiger partial charge >= 0.3 is 5.13 Å². The Morgan fingerprint density at radius 3 is 2.64 bits per heavy atom. The number of hydrogen-bond acceptors (Lipinski definition) is 4.